The quantitative estimate of drug-likeness (QED) is 0.855. The summed E-state index contributed by atoms with van der Waals surface area (Å²) in [6.07, 6.45) is 0.643. The van der Waals surface area contributed by atoms with Crippen LogP contribution in [0.4, 0.5) is 4.79 Å². The van der Waals surface area contributed by atoms with Crippen molar-refractivity contribution in [2.45, 2.75) is 58.1 Å². The highest BCUT2D eigenvalue weighted by atomic mass is 16.6. The molecule has 1 fully saturated rings. The first-order valence-electron chi connectivity index (χ1n) is 7.92. The van der Waals surface area contributed by atoms with Crippen molar-refractivity contribution in [2.75, 3.05) is 6.54 Å². The van der Waals surface area contributed by atoms with E-state index in [1.54, 1.807) is 20.8 Å². The lowest BCUT2D eigenvalue weighted by atomic mass is 9.88. The van der Waals surface area contributed by atoms with Gasteiger partial charge in [0, 0.05) is 13.0 Å². The summed E-state index contributed by atoms with van der Waals surface area (Å²) in [6, 6.07) is 7.66. The Bertz CT molecular complexity index is 605. The largest absolute Gasteiger partial charge is 0.548 e. The minimum absolute atomic E-state index is 0.232. The number of hydrogen-bond acceptors (Lipinski definition) is 4. The van der Waals surface area contributed by atoms with Gasteiger partial charge in [-0.15, -0.1) is 0 Å². The number of benzene rings is 1. The van der Waals surface area contributed by atoms with Crippen LogP contribution in [-0.4, -0.2) is 34.6 Å². The van der Waals surface area contributed by atoms with Gasteiger partial charge in [0.25, 0.3) is 0 Å². The van der Waals surface area contributed by atoms with Crippen LogP contribution in [0.5, 0.6) is 0 Å². The molecule has 5 heteroatoms. The maximum atomic E-state index is 12.5. The van der Waals surface area contributed by atoms with Crippen LogP contribution in [0.3, 0.4) is 0 Å². The molecule has 1 aromatic carbocycles. The fourth-order valence-corrected chi connectivity index (χ4v) is 3.09. The summed E-state index contributed by atoms with van der Waals surface area (Å²) in [5, 5.41) is 11.9. The number of carbonyl (C=O) groups excluding carboxylic acids is 2. The molecular formula is C18H24NO4-. The van der Waals surface area contributed by atoms with Crippen molar-refractivity contribution >= 4 is 12.1 Å². The third-order valence-electron chi connectivity index (χ3n) is 4.06. The third-order valence-corrected chi connectivity index (χ3v) is 4.06. The Kier molecular flexibility index (Phi) is 4.68. The van der Waals surface area contributed by atoms with Gasteiger partial charge in [0.15, 0.2) is 0 Å². The second-order valence-electron chi connectivity index (χ2n) is 7.22. The Morgan fingerprint density at radius 2 is 2.04 bits per heavy atom. The zero-order chi connectivity index (χ0) is 17.3. The van der Waals surface area contributed by atoms with E-state index >= 15 is 0 Å². The van der Waals surface area contributed by atoms with Gasteiger partial charge in [-0.2, -0.15) is 0 Å². The van der Waals surface area contributed by atoms with Gasteiger partial charge in [-0.3, -0.25) is 4.90 Å². The molecule has 0 spiro atoms. The molecule has 1 atom stereocenters. The molecule has 0 saturated carbocycles. The molecule has 5 nitrogen and oxygen atoms in total. The molecule has 0 radical (unpaired) electrons. The summed E-state index contributed by atoms with van der Waals surface area (Å²) in [5.41, 5.74) is -0.0703. The molecule has 0 aromatic heterocycles. The second-order valence-corrected chi connectivity index (χ2v) is 7.22. The van der Waals surface area contributed by atoms with Gasteiger partial charge in [-0.05, 0) is 46.1 Å². The molecule has 1 amide bonds. The summed E-state index contributed by atoms with van der Waals surface area (Å²) >= 11 is 0. The van der Waals surface area contributed by atoms with Crippen molar-refractivity contribution in [1.29, 1.82) is 0 Å². The Labute approximate surface area is 137 Å². The van der Waals surface area contributed by atoms with E-state index in [0.29, 0.717) is 19.4 Å². The predicted octanol–water partition coefficient (Wildman–Crippen LogP) is 2.06. The van der Waals surface area contributed by atoms with E-state index in [2.05, 4.69) is 0 Å². The third kappa shape index (κ3) is 3.84. The number of carboxylic acid groups (broad SMARTS) is 1. The van der Waals surface area contributed by atoms with Crippen LogP contribution in [0.1, 0.15) is 44.7 Å². The summed E-state index contributed by atoms with van der Waals surface area (Å²) in [6.45, 7) is 7.62. The first-order chi connectivity index (χ1) is 10.6. The molecule has 2 rings (SSSR count). The normalized spacial score (nSPS) is 21.3. The van der Waals surface area contributed by atoms with Crippen LogP contribution in [0.25, 0.3) is 0 Å². The van der Waals surface area contributed by atoms with Crippen LogP contribution in [-0.2, 0) is 16.0 Å². The van der Waals surface area contributed by atoms with Gasteiger partial charge in [0.05, 0.1) is 11.5 Å². The fourth-order valence-electron chi connectivity index (χ4n) is 3.09. The molecule has 0 unspecified atom stereocenters. The lowest BCUT2D eigenvalue weighted by Crippen LogP contribution is -2.60. The van der Waals surface area contributed by atoms with Crippen molar-refractivity contribution in [1.82, 2.24) is 4.90 Å². The van der Waals surface area contributed by atoms with Crippen molar-refractivity contribution in [3.8, 4) is 0 Å². The van der Waals surface area contributed by atoms with Crippen molar-refractivity contribution in [3.05, 3.63) is 35.4 Å². The molecule has 23 heavy (non-hydrogen) atoms. The SMILES string of the molecule is Cc1cccc(C[C@@]2(C(=O)[O-])CCCN2C(=O)OC(C)(C)C)c1. The summed E-state index contributed by atoms with van der Waals surface area (Å²) in [5.74, 6) is -1.22. The van der Waals surface area contributed by atoms with Crippen LogP contribution in [0.2, 0.25) is 0 Å². The predicted molar refractivity (Wildman–Crippen MR) is 84.8 cm³/mol. The fraction of sp³-hybridized carbons (Fsp3) is 0.556. The molecule has 0 bridgehead atoms. The van der Waals surface area contributed by atoms with Gasteiger partial charge < -0.3 is 14.6 Å². The Morgan fingerprint density at radius 3 is 2.61 bits per heavy atom. The van der Waals surface area contributed by atoms with Crippen molar-refractivity contribution in [2.24, 2.45) is 0 Å². The van der Waals surface area contributed by atoms with E-state index in [1.165, 1.54) is 4.90 Å². The van der Waals surface area contributed by atoms with Crippen LogP contribution >= 0.6 is 0 Å². The number of hydrogen-bond donors (Lipinski definition) is 0. The van der Waals surface area contributed by atoms with E-state index in [1.807, 2.05) is 31.2 Å². The summed E-state index contributed by atoms with van der Waals surface area (Å²) < 4.78 is 5.38. The average molecular weight is 318 g/mol. The zero-order valence-electron chi connectivity index (χ0n) is 14.2. The van der Waals surface area contributed by atoms with Gasteiger partial charge in [-0.25, -0.2) is 4.79 Å². The maximum absolute atomic E-state index is 12.5. The highest BCUT2D eigenvalue weighted by Gasteiger charge is 2.46. The Morgan fingerprint density at radius 1 is 1.35 bits per heavy atom. The monoisotopic (exact) mass is 318 g/mol. The molecule has 1 heterocycles. The second kappa shape index (κ2) is 6.22. The number of aliphatic carboxylic acids is 1. The Balaban J connectivity index is 2.31. The molecule has 0 aliphatic carbocycles. The summed E-state index contributed by atoms with van der Waals surface area (Å²) in [4.78, 5) is 25.7. The molecular weight excluding hydrogens is 294 g/mol. The van der Waals surface area contributed by atoms with Gasteiger partial charge in [0.2, 0.25) is 0 Å². The van der Waals surface area contributed by atoms with Crippen LogP contribution in [0.15, 0.2) is 24.3 Å². The number of rotatable bonds is 3. The van der Waals surface area contributed by atoms with E-state index in [9.17, 15) is 14.7 Å². The van der Waals surface area contributed by atoms with Crippen LogP contribution in [0, 0.1) is 6.92 Å². The van der Waals surface area contributed by atoms with Gasteiger partial charge >= 0.3 is 6.09 Å². The highest BCUT2D eigenvalue weighted by Crippen LogP contribution is 2.34. The number of ether oxygens (including phenoxy) is 1. The average Bonchev–Trinajstić information content (AvgIpc) is 2.82. The maximum Gasteiger partial charge on any atom is 0.411 e. The standard InChI is InChI=1S/C18H25NO4/c1-13-7-5-8-14(11-13)12-18(15(20)21)9-6-10-19(18)16(22)23-17(2,3)4/h5,7-8,11H,6,9-10,12H2,1-4H3,(H,20,21)/p-1/t18-/m1/s1. The smallest absolute Gasteiger partial charge is 0.411 e. The van der Waals surface area contributed by atoms with Crippen molar-refractivity contribution in [3.63, 3.8) is 0 Å². The van der Waals surface area contributed by atoms with Gasteiger partial charge in [-0.1, -0.05) is 29.8 Å². The highest BCUT2D eigenvalue weighted by molar-refractivity contribution is 5.84. The first kappa shape index (κ1) is 17.3. The lowest BCUT2D eigenvalue weighted by molar-refractivity contribution is -0.317. The Hall–Kier alpha value is -2.04. The topological polar surface area (TPSA) is 69.7 Å². The summed E-state index contributed by atoms with van der Waals surface area (Å²) in [7, 11) is 0. The number of aryl methyl sites for hydroxylation is 1. The van der Waals surface area contributed by atoms with Crippen molar-refractivity contribution < 1.29 is 19.4 Å². The van der Waals surface area contributed by atoms with E-state index in [0.717, 1.165) is 11.1 Å². The number of nitrogens with zero attached hydrogens (tertiary/aromatic N) is 1. The van der Waals surface area contributed by atoms with E-state index < -0.39 is 23.2 Å². The number of carboxylic acids is 1. The minimum Gasteiger partial charge on any atom is -0.548 e. The molecule has 1 saturated heterocycles. The number of amides is 1. The first-order valence-corrected chi connectivity index (χ1v) is 7.92. The minimum atomic E-state index is -1.34. The lowest BCUT2D eigenvalue weighted by Gasteiger charge is -2.40. The zero-order valence-corrected chi connectivity index (χ0v) is 14.2. The number of carbonyl (C=O) groups is 2. The van der Waals surface area contributed by atoms with E-state index in [-0.39, 0.29) is 6.42 Å². The van der Waals surface area contributed by atoms with Gasteiger partial charge in [0.1, 0.15) is 5.60 Å². The van der Waals surface area contributed by atoms with E-state index in [4.69, 9.17) is 4.74 Å². The molecule has 1 aliphatic rings. The molecule has 1 aromatic rings. The van der Waals surface area contributed by atoms with Crippen LogP contribution < -0.4 is 5.11 Å². The molecule has 1 aliphatic heterocycles. The molecule has 126 valence electrons. The number of likely N-dealkylation sites (tertiary alicyclic amines) is 1. The molecule has 0 N–H and O–H groups in total.